The lowest BCUT2D eigenvalue weighted by molar-refractivity contribution is 0.762. The third kappa shape index (κ3) is 2.68. The third-order valence-corrected chi connectivity index (χ3v) is 3.40. The van der Waals surface area contributed by atoms with Gasteiger partial charge in [-0.25, -0.2) is 0 Å². The largest absolute Gasteiger partial charge is 0.382 e. The van der Waals surface area contributed by atoms with Crippen molar-refractivity contribution in [3.05, 3.63) is 23.8 Å². The minimum atomic E-state index is 0.547. The summed E-state index contributed by atoms with van der Waals surface area (Å²) in [5, 5.41) is 3.52. The highest BCUT2D eigenvalue weighted by molar-refractivity contribution is 7.98. The molecule has 1 aromatic rings. The van der Waals surface area contributed by atoms with Gasteiger partial charge in [0.1, 0.15) is 0 Å². The van der Waals surface area contributed by atoms with Gasteiger partial charge in [-0.15, -0.1) is 11.8 Å². The summed E-state index contributed by atoms with van der Waals surface area (Å²) >= 11 is 1.80. The van der Waals surface area contributed by atoms with Crippen LogP contribution in [0.4, 0.5) is 5.69 Å². The second-order valence-electron chi connectivity index (χ2n) is 3.59. The minimum absolute atomic E-state index is 0.547. The van der Waals surface area contributed by atoms with Crippen molar-refractivity contribution in [2.45, 2.75) is 38.1 Å². The summed E-state index contributed by atoms with van der Waals surface area (Å²) in [5.74, 6) is 0. The van der Waals surface area contributed by atoms with Crippen molar-refractivity contribution in [3.63, 3.8) is 0 Å². The fourth-order valence-corrected chi connectivity index (χ4v) is 1.99. The molecule has 14 heavy (non-hydrogen) atoms. The average Bonchev–Trinajstić information content (AvgIpc) is 2.21. The summed E-state index contributed by atoms with van der Waals surface area (Å²) in [6, 6.07) is 6.98. The number of rotatable bonds is 4. The summed E-state index contributed by atoms with van der Waals surface area (Å²) in [6.45, 7) is 6.59. The van der Waals surface area contributed by atoms with Crippen molar-refractivity contribution in [3.8, 4) is 0 Å². The molecule has 0 fully saturated rings. The lowest BCUT2D eigenvalue weighted by Gasteiger charge is -2.16. The van der Waals surface area contributed by atoms with Crippen molar-refractivity contribution in [2.24, 2.45) is 0 Å². The van der Waals surface area contributed by atoms with Gasteiger partial charge in [-0.2, -0.15) is 0 Å². The zero-order valence-electron chi connectivity index (χ0n) is 9.42. The van der Waals surface area contributed by atoms with Crippen LogP contribution in [-0.2, 0) is 0 Å². The van der Waals surface area contributed by atoms with E-state index in [4.69, 9.17) is 0 Å². The van der Waals surface area contributed by atoms with E-state index in [-0.39, 0.29) is 0 Å². The second kappa shape index (κ2) is 5.30. The van der Waals surface area contributed by atoms with E-state index in [1.165, 1.54) is 16.1 Å². The Hall–Kier alpha value is -0.630. The Kier molecular flexibility index (Phi) is 4.33. The van der Waals surface area contributed by atoms with E-state index >= 15 is 0 Å². The van der Waals surface area contributed by atoms with Crippen molar-refractivity contribution >= 4 is 17.4 Å². The van der Waals surface area contributed by atoms with Crippen LogP contribution in [0.15, 0.2) is 23.1 Å². The van der Waals surface area contributed by atoms with Crippen molar-refractivity contribution in [1.29, 1.82) is 0 Å². The van der Waals surface area contributed by atoms with Crippen LogP contribution < -0.4 is 5.32 Å². The fraction of sp³-hybridized carbons (Fsp3) is 0.500. The van der Waals surface area contributed by atoms with Gasteiger partial charge in [0.05, 0.1) is 0 Å². The van der Waals surface area contributed by atoms with Crippen LogP contribution in [0.3, 0.4) is 0 Å². The van der Waals surface area contributed by atoms with Gasteiger partial charge < -0.3 is 5.32 Å². The quantitative estimate of drug-likeness (QED) is 0.754. The normalized spacial score (nSPS) is 12.6. The first kappa shape index (κ1) is 11.4. The van der Waals surface area contributed by atoms with Crippen LogP contribution in [0.2, 0.25) is 0 Å². The number of benzene rings is 1. The molecule has 1 nitrogen and oxygen atoms in total. The minimum Gasteiger partial charge on any atom is -0.382 e. The number of nitrogens with one attached hydrogen (secondary N) is 1. The van der Waals surface area contributed by atoms with Gasteiger partial charge in [0, 0.05) is 16.6 Å². The van der Waals surface area contributed by atoms with Crippen molar-refractivity contribution < 1.29 is 0 Å². The Bertz CT molecular complexity index is 296. The standard InChI is InChI=1S/C12H19NS/c1-5-9(2)13-11-7-6-8-12(14-4)10(11)3/h6-9,13H,5H2,1-4H3. The fourth-order valence-electron chi connectivity index (χ4n) is 1.36. The zero-order valence-corrected chi connectivity index (χ0v) is 10.2. The van der Waals surface area contributed by atoms with E-state index in [9.17, 15) is 0 Å². The second-order valence-corrected chi connectivity index (χ2v) is 4.43. The van der Waals surface area contributed by atoms with Crippen LogP contribution >= 0.6 is 11.8 Å². The number of anilines is 1. The molecule has 1 rings (SSSR count). The number of hydrogen-bond donors (Lipinski definition) is 1. The monoisotopic (exact) mass is 209 g/mol. The van der Waals surface area contributed by atoms with Crippen molar-refractivity contribution in [2.75, 3.05) is 11.6 Å². The maximum Gasteiger partial charge on any atom is 0.0383 e. The highest BCUT2D eigenvalue weighted by atomic mass is 32.2. The maximum atomic E-state index is 3.52. The highest BCUT2D eigenvalue weighted by Gasteiger charge is 2.04. The van der Waals surface area contributed by atoms with Crippen LogP contribution in [0, 0.1) is 6.92 Å². The topological polar surface area (TPSA) is 12.0 Å². The molecule has 0 aliphatic rings. The van der Waals surface area contributed by atoms with Crippen LogP contribution in [-0.4, -0.2) is 12.3 Å². The Labute approximate surface area is 91.3 Å². The first-order valence-corrected chi connectivity index (χ1v) is 6.31. The summed E-state index contributed by atoms with van der Waals surface area (Å²) in [5.41, 5.74) is 2.63. The van der Waals surface area contributed by atoms with Crippen LogP contribution in [0.5, 0.6) is 0 Å². The number of hydrogen-bond acceptors (Lipinski definition) is 2. The van der Waals surface area contributed by atoms with E-state index in [1.807, 2.05) is 0 Å². The Morgan fingerprint density at radius 3 is 2.71 bits per heavy atom. The van der Waals surface area contributed by atoms with Gasteiger partial charge in [0.25, 0.3) is 0 Å². The zero-order chi connectivity index (χ0) is 10.6. The molecule has 0 saturated carbocycles. The number of thioether (sulfide) groups is 1. The molecule has 0 heterocycles. The van der Waals surface area contributed by atoms with Crippen LogP contribution in [0.1, 0.15) is 25.8 Å². The first-order valence-electron chi connectivity index (χ1n) is 5.09. The molecule has 1 unspecified atom stereocenters. The summed E-state index contributed by atoms with van der Waals surface area (Å²) < 4.78 is 0. The SMILES string of the molecule is CCC(C)Nc1cccc(SC)c1C. The summed E-state index contributed by atoms with van der Waals surface area (Å²) in [6.07, 6.45) is 3.28. The summed E-state index contributed by atoms with van der Waals surface area (Å²) in [7, 11) is 0. The van der Waals surface area contributed by atoms with Gasteiger partial charge in [-0.3, -0.25) is 0 Å². The van der Waals surface area contributed by atoms with Crippen molar-refractivity contribution in [1.82, 2.24) is 0 Å². The third-order valence-electron chi connectivity index (χ3n) is 2.52. The highest BCUT2D eigenvalue weighted by Crippen LogP contribution is 2.26. The van der Waals surface area contributed by atoms with Gasteiger partial charge in [-0.1, -0.05) is 13.0 Å². The Morgan fingerprint density at radius 2 is 2.14 bits per heavy atom. The first-order chi connectivity index (χ1) is 6.69. The smallest absolute Gasteiger partial charge is 0.0383 e. The molecule has 78 valence electrons. The van der Waals surface area contributed by atoms with Gasteiger partial charge in [-0.05, 0) is 44.2 Å². The van der Waals surface area contributed by atoms with Gasteiger partial charge in [0.15, 0.2) is 0 Å². The summed E-state index contributed by atoms with van der Waals surface area (Å²) in [4.78, 5) is 1.36. The predicted octanol–water partition coefficient (Wildman–Crippen LogP) is 3.93. The molecule has 0 aliphatic heterocycles. The molecule has 0 spiro atoms. The molecule has 1 atom stereocenters. The molecule has 0 saturated heterocycles. The molecule has 1 aromatic carbocycles. The van der Waals surface area contributed by atoms with E-state index < -0.39 is 0 Å². The predicted molar refractivity (Wildman–Crippen MR) is 66.3 cm³/mol. The lowest BCUT2D eigenvalue weighted by atomic mass is 10.1. The van der Waals surface area contributed by atoms with E-state index in [1.54, 1.807) is 11.8 Å². The maximum absolute atomic E-state index is 3.52. The molecule has 2 heteroatoms. The molecule has 1 N–H and O–H groups in total. The average molecular weight is 209 g/mol. The van der Waals surface area contributed by atoms with E-state index in [2.05, 4.69) is 50.5 Å². The Morgan fingerprint density at radius 1 is 1.43 bits per heavy atom. The molecule has 0 bridgehead atoms. The van der Waals surface area contributed by atoms with Crippen LogP contribution in [0.25, 0.3) is 0 Å². The molecule has 0 radical (unpaired) electrons. The molecular weight excluding hydrogens is 190 g/mol. The molecular formula is C12H19NS. The van der Waals surface area contributed by atoms with Gasteiger partial charge >= 0.3 is 0 Å². The lowest BCUT2D eigenvalue weighted by Crippen LogP contribution is -2.14. The van der Waals surface area contributed by atoms with E-state index in [0.29, 0.717) is 6.04 Å². The van der Waals surface area contributed by atoms with E-state index in [0.717, 1.165) is 6.42 Å². The molecule has 0 amide bonds. The molecule has 0 aromatic heterocycles. The molecule has 0 aliphatic carbocycles. The Balaban J connectivity index is 2.86. The van der Waals surface area contributed by atoms with Gasteiger partial charge in [0.2, 0.25) is 0 Å².